The van der Waals surface area contributed by atoms with E-state index in [2.05, 4.69) is 29.0 Å². The number of thiazole rings is 1. The molecule has 0 bridgehead atoms. The quantitative estimate of drug-likeness (QED) is 0.351. The molecule has 3 aromatic carbocycles. The second kappa shape index (κ2) is 8.28. The van der Waals surface area contributed by atoms with Crippen molar-refractivity contribution in [3.05, 3.63) is 133 Å². The van der Waals surface area contributed by atoms with E-state index in [1.54, 1.807) is 4.57 Å². The van der Waals surface area contributed by atoms with Gasteiger partial charge in [0.15, 0.2) is 4.80 Å². The van der Waals surface area contributed by atoms with Gasteiger partial charge in [-0.3, -0.25) is 9.36 Å². The van der Waals surface area contributed by atoms with E-state index < -0.39 is 0 Å². The molecule has 0 N–H and O–H groups in total. The average molecular weight is 482 g/mol. The molecule has 4 nitrogen and oxygen atoms in total. The third-order valence-corrected chi connectivity index (χ3v) is 7.38. The van der Waals surface area contributed by atoms with Gasteiger partial charge in [0.1, 0.15) is 0 Å². The maximum atomic E-state index is 13.7. The van der Waals surface area contributed by atoms with Crippen LogP contribution >= 0.6 is 22.9 Å². The SMILES string of the molecule is Cn1cc(C=c2sc3n(c2=O)C(c2ccc(Cl)cc2)C=C(c2ccccc2)N=3)c2ccccc21. The zero-order valence-electron chi connectivity index (χ0n) is 18.4. The molecule has 0 spiro atoms. The number of nitrogens with zero attached hydrogens (tertiary/aromatic N) is 3. The van der Waals surface area contributed by atoms with E-state index in [1.807, 2.05) is 79.9 Å². The highest BCUT2D eigenvalue weighted by Crippen LogP contribution is 2.28. The minimum Gasteiger partial charge on any atom is -0.350 e. The molecule has 6 heteroatoms. The number of fused-ring (bicyclic) bond motifs is 2. The molecular weight excluding hydrogens is 462 g/mol. The summed E-state index contributed by atoms with van der Waals surface area (Å²) in [7, 11) is 2.02. The maximum absolute atomic E-state index is 13.7. The molecule has 0 radical (unpaired) electrons. The lowest BCUT2D eigenvalue weighted by atomic mass is 10.0. The summed E-state index contributed by atoms with van der Waals surface area (Å²) in [5.41, 5.74) is 4.98. The van der Waals surface area contributed by atoms with Crippen LogP contribution in [0.25, 0.3) is 22.7 Å². The zero-order chi connectivity index (χ0) is 23.2. The molecule has 0 saturated heterocycles. The molecule has 1 unspecified atom stereocenters. The number of halogens is 1. The van der Waals surface area contributed by atoms with Gasteiger partial charge in [0.25, 0.3) is 5.56 Å². The van der Waals surface area contributed by atoms with Crippen LogP contribution in [-0.2, 0) is 7.05 Å². The second-order valence-electron chi connectivity index (χ2n) is 8.31. The zero-order valence-corrected chi connectivity index (χ0v) is 19.9. The van der Waals surface area contributed by atoms with Crippen LogP contribution < -0.4 is 14.9 Å². The van der Waals surface area contributed by atoms with Crippen LogP contribution in [-0.4, -0.2) is 9.13 Å². The minimum atomic E-state index is -0.265. The Hall–Kier alpha value is -3.67. The molecular formula is C28H20ClN3OS. The monoisotopic (exact) mass is 481 g/mol. The largest absolute Gasteiger partial charge is 0.350 e. The van der Waals surface area contributed by atoms with Crippen LogP contribution in [0.4, 0.5) is 0 Å². The van der Waals surface area contributed by atoms with Crippen LogP contribution in [0, 0.1) is 0 Å². The summed E-state index contributed by atoms with van der Waals surface area (Å²) in [5.74, 6) is 0. The van der Waals surface area contributed by atoms with Gasteiger partial charge < -0.3 is 4.57 Å². The molecule has 2 aromatic heterocycles. The molecule has 166 valence electrons. The fourth-order valence-electron chi connectivity index (χ4n) is 4.48. The van der Waals surface area contributed by atoms with Gasteiger partial charge in [0.05, 0.1) is 16.3 Å². The van der Waals surface area contributed by atoms with E-state index in [1.165, 1.54) is 11.3 Å². The molecule has 0 fully saturated rings. The van der Waals surface area contributed by atoms with E-state index in [0.29, 0.717) is 14.4 Å². The molecule has 1 aliphatic heterocycles. The summed E-state index contributed by atoms with van der Waals surface area (Å²) >= 11 is 7.57. The van der Waals surface area contributed by atoms with Crippen LogP contribution in [0.5, 0.6) is 0 Å². The smallest absolute Gasteiger partial charge is 0.271 e. The van der Waals surface area contributed by atoms with Gasteiger partial charge in [-0.15, -0.1) is 0 Å². The van der Waals surface area contributed by atoms with Crippen molar-refractivity contribution in [3.63, 3.8) is 0 Å². The topological polar surface area (TPSA) is 39.3 Å². The van der Waals surface area contributed by atoms with Gasteiger partial charge in [0.2, 0.25) is 0 Å². The fraction of sp³-hybridized carbons (Fsp3) is 0.0714. The number of para-hydroxylation sites is 1. The first-order valence-corrected chi connectivity index (χ1v) is 12.2. The normalized spacial score (nSPS) is 15.8. The number of benzene rings is 3. The number of rotatable bonds is 3. The Morgan fingerprint density at radius 1 is 0.971 bits per heavy atom. The lowest BCUT2D eigenvalue weighted by Gasteiger charge is -2.19. The number of hydrogen-bond donors (Lipinski definition) is 0. The standard InChI is InChI=1S/C28H20ClN3OS/c1-31-17-20(22-9-5-6-10-24(22)31)15-26-27(33)32-25(19-11-13-21(29)14-12-19)16-23(30-28(32)34-26)18-7-3-2-4-8-18/h2-17,25H,1H3. The van der Waals surface area contributed by atoms with Gasteiger partial charge >= 0.3 is 0 Å². The van der Waals surface area contributed by atoms with Crippen molar-refractivity contribution in [2.24, 2.45) is 12.0 Å². The highest BCUT2D eigenvalue weighted by Gasteiger charge is 2.22. The van der Waals surface area contributed by atoms with Gasteiger partial charge in [-0.05, 0) is 41.5 Å². The Morgan fingerprint density at radius 3 is 2.50 bits per heavy atom. The van der Waals surface area contributed by atoms with Crippen LogP contribution in [0.15, 0.2) is 101 Å². The molecule has 6 rings (SSSR count). The van der Waals surface area contributed by atoms with Crippen molar-refractivity contribution in [2.75, 3.05) is 0 Å². The molecule has 5 aromatic rings. The maximum Gasteiger partial charge on any atom is 0.271 e. The highest BCUT2D eigenvalue weighted by atomic mass is 35.5. The molecule has 1 aliphatic rings. The predicted molar refractivity (Wildman–Crippen MR) is 140 cm³/mol. The van der Waals surface area contributed by atoms with Crippen molar-refractivity contribution in [1.29, 1.82) is 0 Å². The first kappa shape index (κ1) is 20.9. The second-order valence-corrected chi connectivity index (χ2v) is 9.75. The summed E-state index contributed by atoms with van der Waals surface area (Å²) in [5, 5.41) is 1.79. The van der Waals surface area contributed by atoms with Gasteiger partial charge in [-0.2, -0.15) is 0 Å². The Morgan fingerprint density at radius 2 is 1.71 bits per heavy atom. The van der Waals surface area contributed by atoms with Crippen molar-refractivity contribution in [1.82, 2.24) is 9.13 Å². The Balaban J connectivity index is 1.59. The number of aromatic nitrogens is 2. The fourth-order valence-corrected chi connectivity index (χ4v) is 5.61. The summed E-state index contributed by atoms with van der Waals surface area (Å²) < 4.78 is 4.54. The van der Waals surface area contributed by atoms with E-state index in [0.717, 1.165) is 33.3 Å². The molecule has 0 saturated carbocycles. The van der Waals surface area contributed by atoms with Crippen LogP contribution in [0.1, 0.15) is 22.7 Å². The van der Waals surface area contributed by atoms with E-state index in [4.69, 9.17) is 16.6 Å². The minimum absolute atomic E-state index is 0.0417. The van der Waals surface area contributed by atoms with Crippen LogP contribution in [0.2, 0.25) is 5.02 Å². The van der Waals surface area contributed by atoms with Crippen molar-refractivity contribution < 1.29 is 0 Å². The molecule has 0 aliphatic carbocycles. The third-order valence-electron chi connectivity index (χ3n) is 6.14. The highest BCUT2D eigenvalue weighted by molar-refractivity contribution is 7.07. The van der Waals surface area contributed by atoms with E-state index in [-0.39, 0.29) is 11.6 Å². The van der Waals surface area contributed by atoms with Crippen molar-refractivity contribution in [2.45, 2.75) is 6.04 Å². The molecule has 0 amide bonds. The Kier molecular flexibility index (Phi) is 5.09. The number of hydrogen-bond acceptors (Lipinski definition) is 3. The molecule has 1 atom stereocenters. The Labute approximate surface area is 205 Å². The first-order valence-electron chi connectivity index (χ1n) is 11.0. The summed E-state index contributed by atoms with van der Waals surface area (Å²) in [6.45, 7) is 0. The lowest BCUT2D eigenvalue weighted by molar-refractivity contribution is 0.644. The van der Waals surface area contributed by atoms with Gasteiger partial charge in [-0.1, -0.05) is 83.6 Å². The summed E-state index contributed by atoms with van der Waals surface area (Å²) in [6, 6.07) is 25.7. The lowest BCUT2D eigenvalue weighted by Crippen LogP contribution is -2.36. The predicted octanol–water partition coefficient (Wildman–Crippen LogP) is 5.15. The van der Waals surface area contributed by atoms with Crippen LogP contribution in [0.3, 0.4) is 0 Å². The number of allylic oxidation sites excluding steroid dienone is 1. The third kappa shape index (κ3) is 3.54. The number of aryl methyl sites for hydroxylation is 1. The van der Waals surface area contributed by atoms with E-state index >= 15 is 0 Å². The van der Waals surface area contributed by atoms with E-state index in [9.17, 15) is 4.79 Å². The van der Waals surface area contributed by atoms with Crippen molar-refractivity contribution in [3.8, 4) is 0 Å². The Bertz CT molecular complexity index is 1740. The van der Waals surface area contributed by atoms with Gasteiger partial charge in [-0.25, -0.2) is 4.99 Å². The summed E-state index contributed by atoms with van der Waals surface area (Å²) in [4.78, 5) is 19.3. The average Bonchev–Trinajstić information content (AvgIpc) is 3.36. The van der Waals surface area contributed by atoms with Gasteiger partial charge in [0, 0.05) is 34.7 Å². The molecule has 34 heavy (non-hydrogen) atoms. The summed E-state index contributed by atoms with van der Waals surface area (Å²) in [6.07, 6.45) is 6.10. The van der Waals surface area contributed by atoms with Crippen molar-refractivity contribution >= 4 is 45.6 Å². The molecule has 3 heterocycles. The first-order chi connectivity index (χ1) is 16.6.